The Hall–Kier alpha value is -1.17. The molecule has 1 heterocycles. The molecule has 2 rings (SSSR count). The van der Waals surface area contributed by atoms with E-state index in [-0.39, 0.29) is 0 Å². The molecule has 94 valence electrons. The van der Waals surface area contributed by atoms with E-state index in [0.717, 1.165) is 15.4 Å². The van der Waals surface area contributed by atoms with Crippen molar-refractivity contribution in [3.63, 3.8) is 0 Å². The molecule has 0 amide bonds. The topological polar surface area (TPSA) is 29.3 Å². The standard InChI is InChI=1S/C12H12ClN3S2/c1-14-11(17)15-12-16(6-7-18-12)8-9-4-2-3-5-10(9)13/h2-7H,8H2,1H3,(H,14,17)/b15-12-. The van der Waals surface area contributed by atoms with Crippen molar-refractivity contribution < 1.29 is 0 Å². The Morgan fingerprint density at radius 3 is 3.00 bits per heavy atom. The molecule has 1 N–H and O–H groups in total. The molecule has 0 spiro atoms. The van der Waals surface area contributed by atoms with E-state index in [4.69, 9.17) is 23.8 Å². The first kappa shape index (κ1) is 13.3. The maximum atomic E-state index is 6.15. The van der Waals surface area contributed by atoms with Crippen LogP contribution < -0.4 is 10.1 Å². The largest absolute Gasteiger partial charge is 0.364 e. The number of rotatable bonds is 2. The van der Waals surface area contributed by atoms with Crippen LogP contribution in [0.25, 0.3) is 0 Å². The molecule has 18 heavy (non-hydrogen) atoms. The zero-order valence-corrected chi connectivity index (χ0v) is 12.1. The van der Waals surface area contributed by atoms with Crippen molar-refractivity contribution in [2.45, 2.75) is 6.54 Å². The Kier molecular flexibility index (Phi) is 4.52. The molecule has 0 atom stereocenters. The van der Waals surface area contributed by atoms with E-state index in [2.05, 4.69) is 10.3 Å². The molecule has 0 aliphatic rings. The Morgan fingerprint density at radius 2 is 2.28 bits per heavy atom. The molecule has 0 bridgehead atoms. The number of aromatic nitrogens is 1. The second-order valence-corrected chi connectivity index (χ2v) is 5.24. The van der Waals surface area contributed by atoms with Crippen molar-refractivity contribution in [3.8, 4) is 0 Å². The van der Waals surface area contributed by atoms with Crippen LogP contribution in [0.15, 0.2) is 40.8 Å². The van der Waals surface area contributed by atoms with Gasteiger partial charge in [-0.25, -0.2) is 0 Å². The first-order valence-corrected chi connectivity index (χ1v) is 7.01. The van der Waals surface area contributed by atoms with Crippen molar-refractivity contribution in [1.29, 1.82) is 0 Å². The van der Waals surface area contributed by atoms with Crippen LogP contribution in [-0.2, 0) is 6.54 Å². The van der Waals surface area contributed by atoms with Crippen molar-refractivity contribution in [1.82, 2.24) is 9.88 Å². The molecule has 6 heteroatoms. The lowest BCUT2D eigenvalue weighted by molar-refractivity contribution is 0.771. The van der Waals surface area contributed by atoms with Gasteiger partial charge in [-0.1, -0.05) is 29.8 Å². The van der Waals surface area contributed by atoms with Crippen LogP contribution in [0.1, 0.15) is 5.56 Å². The van der Waals surface area contributed by atoms with Crippen molar-refractivity contribution >= 4 is 40.3 Å². The molecule has 0 aliphatic carbocycles. The lowest BCUT2D eigenvalue weighted by Crippen LogP contribution is -2.21. The van der Waals surface area contributed by atoms with E-state index < -0.39 is 0 Å². The Morgan fingerprint density at radius 1 is 1.50 bits per heavy atom. The van der Waals surface area contributed by atoms with E-state index in [1.807, 2.05) is 40.4 Å². The monoisotopic (exact) mass is 297 g/mol. The van der Waals surface area contributed by atoms with E-state index in [1.54, 1.807) is 18.4 Å². The van der Waals surface area contributed by atoms with Crippen LogP contribution in [0.2, 0.25) is 5.02 Å². The molecule has 0 aliphatic heterocycles. The Bertz CT molecular complexity index is 616. The van der Waals surface area contributed by atoms with Gasteiger partial charge in [0.15, 0.2) is 9.91 Å². The van der Waals surface area contributed by atoms with Gasteiger partial charge < -0.3 is 9.88 Å². The summed E-state index contributed by atoms with van der Waals surface area (Å²) in [4.78, 5) is 5.18. The molecule has 3 nitrogen and oxygen atoms in total. The van der Waals surface area contributed by atoms with Gasteiger partial charge in [-0.05, 0) is 23.8 Å². The molecule has 1 aromatic carbocycles. The summed E-state index contributed by atoms with van der Waals surface area (Å²) < 4.78 is 2.02. The molecular weight excluding hydrogens is 286 g/mol. The SMILES string of the molecule is CNC(=S)/N=c1\sccn1Cc1ccccc1Cl. The highest BCUT2D eigenvalue weighted by Crippen LogP contribution is 2.15. The number of nitrogens with one attached hydrogen (secondary N) is 1. The highest BCUT2D eigenvalue weighted by atomic mass is 35.5. The fourth-order valence-corrected chi connectivity index (χ4v) is 2.53. The van der Waals surface area contributed by atoms with Gasteiger partial charge in [0.2, 0.25) is 0 Å². The van der Waals surface area contributed by atoms with Crippen molar-refractivity contribution in [3.05, 3.63) is 51.2 Å². The molecule has 0 radical (unpaired) electrons. The predicted octanol–water partition coefficient (Wildman–Crippen LogP) is 2.66. The van der Waals surface area contributed by atoms with Gasteiger partial charge in [0, 0.05) is 23.6 Å². The summed E-state index contributed by atoms with van der Waals surface area (Å²) in [5.41, 5.74) is 1.06. The molecule has 0 fully saturated rings. The lowest BCUT2D eigenvalue weighted by Gasteiger charge is -2.05. The van der Waals surface area contributed by atoms with Gasteiger partial charge >= 0.3 is 0 Å². The molecule has 0 unspecified atom stereocenters. The van der Waals surface area contributed by atoms with Gasteiger partial charge in [0.05, 0.1) is 6.54 Å². The lowest BCUT2D eigenvalue weighted by atomic mass is 10.2. The number of hydrogen-bond acceptors (Lipinski definition) is 2. The van der Waals surface area contributed by atoms with E-state index in [9.17, 15) is 0 Å². The maximum absolute atomic E-state index is 6.15. The summed E-state index contributed by atoms with van der Waals surface area (Å²) in [5, 5.41) is 6.06. The minimum absolute atomic E-state index is 0.477. The average Bonchev–Trinajstić information content (AvgIpc) is 2.79. The summed E-state index contributed by atoms with van der Waals surface area (Å²) in [7, 11) is 1.76. The summed E-state index contributed by atoms with van der Waals surface area (Å²) in [5.74, 6) is 0. The fourth-order valence-electron chi connectivity index (χ4n) is 1.46. The first-order chi connectivity index (χ1) is 8.70. The summed E-state index contributed by atoms with van der Waals surface area (Å²) >= 11 is 12.7. The zero-order chi connectivity index (χ0) is 13.0. The van der Waals surface area contributed by atoms with E-state index in [1.165, 1.54) is 0 Å². The summed E-state index contributed by atoms with van der Waals surface area (Å²) in [6, 6.07) is 7.79. The number of benzene rings is 1. The number of halogens is 1. The van der Waals surface area contributed by atoms with Crippen molar-refractivity contribution in [2.75, 3.05) is 7.05 Å². The van der Waals surface area contributed by atoms with Crippen LogP contribution in [0.3, 0.4) is 0 Å². The Balaban J connectivity index is 2.31. The first-order valence-electron chi connectivity index (χ1n) is 5.34. The third-order valence-corrected chi connectivity index (χ3v) is 3.83. The number of thiocarbonyl (C=S) groups is 1. The van der Waals surface area contributed by atoms with Crippen LogP contribution >= 0.6 is 35.2 Å². The van der Waals surface area contributed by atoms with Gasteiger partial charge in [0.1, 0.15) is 0 Å². The quantitative estimate of drug-likeness (QED) is 0.864. The number of hydrogen-bond donors (Lipinski definition) is 1. The van der Waals surface area contributed by atoms with Crippen LogP contribution in [-0.4, -0.2) is 16.7 Å². The maximum Gasteiger partial charge on any atom is 0.195 e. The smallest absolute Gasteiger partial charge is 0.195 e. The third kappa shape index (κ3) is 3.19. The zero-order valence-electron chi connectivity index (χ0n) is 9.76. The normalized spacial score (nSPS) is 11.6. The average molecular weight is 298 g/mol. The second kappa shape index (κ2) is 6.13. The van der Waals surface area contributed by atoms with Gasteiger partial charge in [-0.15, -0.1) is 11.3 Å². The van der Waals surface area contributed by atoms with Crippen LogP contribution in [0, 0.1) is 0 Å². The van der Waals surface area contributed by atoms with Crippen molar-refractivity contribution in [2.24, 2.45) is 4.99 Å². The molecule has 2 aromatic rings. The Labute approximate surface area is 120 Å². The predicted molar refractivity (Wildman–Crippen MR) is 80.1 cm³/mol. The van der Waals surface area contributed by atoms with Gasteiger partial charge in [0.25, 0.3) is 0 Å². The summed E-state index contributed by atoms with van der Waals surface area (Å²) in [6.07, 6.45) is 1.98. The molecule has 0 saturated heterocycles. The van der Waals surface area contributed by atoms with Crippen LogP contribution in [0.5, 0.6) is 0 Å². The summed E-state index contributed by atoms with van der Waals surface area (Å²) in [6.45, 7) is 0.689. The second-order valence-electron chi connectivity index (χ2n) is 3.57. The molecule has 0 saturated carbocycles. The number of thiazole rings is 1. The van der Waals surface area contributed by atoms with E-state index >= 15 is 0 Å². The molecule has 1 aromatic heterocycles. The van der Waals surface area contributed by atoms with E-state index in [0.29, 0.717) is 11.7 Å². The minimum Gasteiger partial charge on any atom is -0.364 e. The van der Waals surface area contributed by atoms with Gasteiger partial charge in [-0.3, -0.25) is 0 Å². The van der Waals surface area contributed by atoms with Crippen LogP contribution in [0.4, 0.5) is 0 Å². The highest BCUT2D eigenvalue weighted by Gasteiger charge is 2.02. The van der Waals surface area contributed by atoms with Gasteiger partial charge in [-0.2, -0.15) is 4.99 Å². The third-order valence-electron chi connectivity index (χ3n) is 2.37. The molecular formula is C12H12ClN3S2. The fraction of sp³-hybridized carbons (Fsp3) is 0.167. The highest BCUT2D eigenvalue weighted by molar-refractivity contribution is 7.80. The number of nitrogens with zero attached hydrogens (tertiary/aromatic N) is 2. The minimum atomic E-state index is 0.477.